The van der Waals surface area contributed by atoms with Crippen LogP contribution in [-0.2, 0) is 16.4 Å². The summed E-state index contributed by atoms with van der Waals surface area (Å²) in [5.41, 5.74) is 11.8. The highest BCUT2D eigenvalue weighted by atomic mass is 32.2. The molecule has 0 atom stereocenters. The fraction of sp³-hybridized carbons (Fsp3) is 0.385. The molecule has 1 aromatic rings. The first kappa shape index (κ1) is 17.1. The molecule has 6 N–H and O–H groups in total. The molecule has 0 aromatic heterocycles. The van der Waals surface area contributed by atoms with Crippen LogP contribution < -0.4 is 16.6 Å². The van der Waals surface area contributed by atoms with Crippen molar-refractivity contribution in [3.63, 3.8) is 0 Å². The average Bonchev–Trinajstić information content (AvgIpc) is 2.33. The number of nitrogens with two attached hydrogens (primary N) is 3. The topological polar surface area (TPSA) is 142 Å². The first-order valence-corrected chi connectivity index (χ1v) is 8.01. The van der Waals surface area contributed by atoms with E-state index in [-0.39, 0.29) is 16.4 Å². The number of nitrogens with zero attached hydrogens (tertiary/aromatic N) is 1. The van der Waals surface area contributed by atoms with Crippen LogP contribution in [0.25, 0.3) is 0 Å². The number of rotatable bonds is 5. The number of unbranched alkanes of at least 4 members (excludes halogenated alkanes) is 1. The van der Waals surface area contributed by atoms with Gasteiger partial charge in [-0.25, -0.2) is 13.6 Å². The Labute approximate surface area is 124 Å². The fourth-order valence-electron chi connectivity index (χ4n) is 2.01. The van der Waals surface area contributed by atoms with Crippen molar-refractivity contribution in [1.29, 1.82) is 0 Å². The summed E-state index contributed by atoms with van der Waals surface area (Å²) in [6.07, 6.45) is 2.42. The molecular formula is C13H20N4O3S. The van der Waals surface area contributed by atoms with Gasteiger partial charge in [0.1, 0.15) is 0 Å². The molecule has 1 amide bonds. The second-order valence-corrected chi connectivity index (χ2v) is 6.30. The molecule has 0 saturated carbocycles. The van der Waals surface area contributed by atoms with Crippen LogP contribution in [0.4, 0.5) is 0 Å². The highest BCUT2D eigenvalue weighted by Crippen LogP contribution is 2.22. The average molecular weight is 312 g/mol. The molecule has 0 aliphatic rings. The summed E-state index contributed by atoms with van der Waals surface area (Å²) in [5, 5.41) is 5.15. The van der Waals surface area contributed by atoms with E-state index in [4.69, 9.17) is 16.6 Å². The molecule has 0 spiro atoms. The molecule has 116 valence electrons. The van der Waals surface area contributed by atoms with Gasteiger partial charge in [0.15, 0.2) is 5.96 Å². The zero-order valence-electron chi connectivity index (χ0n) is 12.1. The summed E-state index contributed by atoms with van der Waals surface area (Å²) in [6, 6.07) is 2.88. The second-order valence-electron chi connectivity index (χ2n) is 4.77. The van der Waals surface area contributed by atoms with Gasteiger partial charge in [-0.3, -0.25) is 4.79 Å². The highest BCUT2D eigenvalue weighted by Gasteiger charge is 2.19. The monoisotopic (exact) mass is 312 g/mol. The van der Waals surface area contributed by atoms with Crippen molar-refractivity contribution in [2.45, 2.75) is 38.0 Å². The molecule has 1 aromatic carbocycles. The molecule has 0 fully saturated rings. The van der Waals surface area contributed by atoms with Gasteiger partial charge in [0.25, 0.3) is 5.91 Å². The number of aryl methyl sites for hydroxylation is 2. The van der Waals surface area contributed by atoms with E-state index in [9.17, 15) is 13.2 Å². The lowest BCUT2D eigenvalue weighted by Gasteiger charge is -2.11. The van der Waals surface area contributed by atoms with E-state index in [2.05, 4.69) is 4.99 Å². The Morgan fingerprint density at radius 3 is 2.38 bits per heavy atom. The predicted octanol–water partition coefficient (Wildman–Crippen LogP) is 0.399. The maximum Gasteiger partial charge on any atom is 0.280 e. The van der Waals surface area contributed by atoms with E-state index >= 15 is 0 Å². The van der Waals surface area contributed by atoms with Crippen molar-refractivity contribution in [1.82, 2.24) is 0 Å². The van der Waals surface area contributed by atoms with Gasteiger partial charge in [-0.15, -0.1) is 0 Å². The molecule has 1 rings (SSSR count). The Bertz CT molecular complexity index is 677. The zero-order chi connectivity index (χ0) is 16.2. The first-order valence-electron chi connectivity index (χ1n) is 6.47. The maximum absolute atomic E-state index is 12.0. The highest BCUT2D eigenvalue weighted by molar-refractivity contribution is 7.89. The fourth-order valence-corrected chi connectivity index (χ4v) is 2.79. The smallest absolute Gasteiger partial charge is 0.280 e. The molecule has 0 unspecified atom stereocenters. The Balaban J connectivity index is 3.48. The number of amides is 1. The van der Waals surface area contributed by atoms with Crippen LogP contribution in [0.5, 0.6) is 0 Å². The molecule has 7 nitrogen and oxygen atoms in total. The van der Waals surface area contributed by atoms with Crippen molar-refractivity contribution in [2.75, 3.05) is 0 Å². The number of aliphatic imine (C=N–C) groups is 1. The zero-order valence-corrected chi connectivity index (χ0v) is 12.9. The van der Waals surface area contributed by atoms with Crippen LogP contribution in [0.2, 0.25) is 0 Å². The predicted molar refractivity (Wildman–Crippen MR) is 81.3 cm³/mol. The van der Waals surface area contributed by atoms with Gasteiger partial charge < -0.3 is 11.5 Å². The number of hydrogen-bond donors (Lipinski definition) is 3. The van der Waals surface area contributed by atoms with Crippen LogP contribution in [-0.4, -0.2) is 20.3 Å². The van der Waals surface area contributed by atoms with Crippen LogP contribution >= 0.6 is 0 Å². The van der Waals surface area contributed by atoms with Gasteiger partial charge >= 0.3 is 0 Å². The lowest BCUT2D eigenvalue weighted by molar-refractivity contribution is 0.100. The molecule has 0 aliphatic heterocycles. The molecule has 0 heterocycles. The number of sulfonamides is 1. The largest absolute Gasteiger partial charge is 0.370 e. The number of guanidine groups is 1. The lowest BCUT2D eigenvalue weighted by atomic mass is 9.99. The number of carbonyl (C=O) groups is 1. The maximum atomic E-state index is 12.0. The standard InChI is InChI=1S/C13H20N4O3S/c1-3-4-5-9-6-8(2)11(21(16,19)20)7-10(9)12(18)17-13(14)15/h6-7H,3-5H2,1-2H3,(H2,16,19,20)(H4,14,15,17,18). The van der Waals surface area contributed by atoms with E-state index in [1.165, 1.54) is 6.07 Å². The molecule has 8 heteroatoms. The van der Waals surface area contributed by atoms with Crippen molar-refractivity contribution in [3.8, 4) is 0 Å². The van der Waals surface area contributed by atoms with E-state index in [0.29, 0.717) is 17.5 Å². The number of benzene rings is 1. The van der Waals surface area contributed by atoms with E-state index in [1.54, 1.807) is 13.0 Å². The summed E-state index contributed by atoms with van der Waals surface area (Å²) >= 11 is 0. The van der Waals surface area contributed by atoms with Crippen molar-refractivity contribution in [3.05, 3.63) is 28.8 Å². The van der Waals surface area contributed by atoms with Crippen molar-refractivity contribution >= 4 is 21.9 Å². The third kappa shape index (κ3) is 4.54. The number of primary sulfonamides is 1. The van der Waals surface area contributed by atoms with Gasteiger partial charge in [0.05, 0.1) is 4.90 Å². The Morgan fingerprint density at radius 1 is 1.29 bits per heavy atom. The summed E-state index contributed by atoms with van der Waals surface area (Å²) in [7, 11) is -3.92. The molecule has 0 bridgehead atoms. The minimum absolute atomic E-state index is 0.100. The third-order valence-corrected chi connectivity index (χ3v) is 4.02. The van der Waals surface area contributed by atoms with Gasteiger partial charge in [-0.2, -0.15) is 4.99 Å². The normalized spacial score (nSPS) is 11.2. The summed E-state index contributed by atoms with van der Waals surface area (Å²) in [5.74, 6) is -1.05. The lowest BCUT2D eigenvalue weighted by Crippen LogP contribution is -2.24. The first-order chi connectivity index (χ1) is 9.66. The molecular weight excluding hydrogens is 292 g/mol. The summed E-state index contributed by atoms with van der Waals surface area (Å²) in [6.45, 7) is 3.65. The second kappa shape index (κ2) is 6.68. The third-order valence-electron chi connectivity index (χ3n) is 2.97. The summed E-state index contributed by atoms with van der Waals surface area (Å²) < 4.78 is 23.1. The SMILES string of the molecule is CCCCc1cc(C)c(S(N)(=O)=O)cc1C(=O)N=C(N)N. The van der Waals surface area contributed by atoms with Crippen LogP contribution in [0.3, 0.4) is 0 Å². The molecule has 0 aliphatic carbocycles. The van der Waals surface area contributed by atoms with Crippen molar-refractivity contribution < 1.29 is 13.2 Å². The van der Waals surface area contributed by atoms with E-state index in [0.717, 1.165) is 12.8 Å². The quantitative estimate of drug-likeness (QED) is 0.533. The van der Waals surface area contributed by atoms with Gasteiger partial charge in [0, 0.05) is 5.56 Å². The van der Waals surface area contributed by atoms with Gasteiger partial charge in [0.2, 0.25) is 10.0 Å². The van der Waals surface area contributed by atoms with E-state index in [1.807, 2.05) is 6.92 Å². The number of carbonyl (C=O) groups excluding carboxylic acids is 1. The van der Waals surface area contributed by atoms with Crippen molar-refractivity contribution in [2.24, 2.45) is 21.6 Å². The van der Waals surface area contributed by atoms with E-state index < -0.39 is 15.9 Å². The molecule has 0 radical (unpaired) electrons. The minimum Gasteiger partial charge on any atom is -0.370 e. The molecule has 0 saturated heterocycles. The minimum atomic E-state index is -3.92. The molecule has 21 heavy (non-hydrogen) atoms. The Hall–Kier alpha value is -1.93. The van der Waals surface area contributed by atoms with Gasteiger partial charge in [-0.1, -0.05) is 19.4 Å². The van der Waals surface area contributed by atoms with Crippen LogP contribution in [0.1, 0.15) is 41.3 Å². The summed E-state index contributed by atoms with van der Waals surface area (Å²) in [4.78, 5) is 15.4. The van der Waals surface area contributed by atoms with Gasteiger partial charge in [-0.05, 0) is 37.0 Å². The number of hydrogen-bond acceptors (Lipinski definition) is 3. The van der Waals surface area contributed by atoms with Crippen LogP contribution in [0.15, 0.2) is 22.0 Å². The Morgan fingerprint density at radius 2 is 1.90 bits per heavy atom. The Kier molecular flexibility index (Phi) is 5.45. The van der Waals surface area contributed by atoms with Crippen LogP contribution in [0, 0.1) is 6.92 Å².